The van der Waals surface area contributed by atoms with Crippen LogP contribution < -0.4 is 15.4 Å². The summed E-state index contributed by atoms with van der Waals surface area (Å²) in [6.45, 7) is 10.00. The van der Waals surface area contributed by atoms with Crippen molar-refractivity contribution >= 4 is 17.3 Å². The molecule has 0 spiro atoms. The van der Waals surface area contributed by atoms with E-state index in [1.165, 1.54) is 4.88 Å². The molecule has 1 unspecified atom stereocenters. The lowest BCUT2D eigenvalue weighted by molar-refractivity contribution is 0.145. The van der Waals surface area contributed by atoms with Gasteiger partial charge in [-0.25, -0.2) is 9.98 Å². The van der Waals surface area contributed by atoms with Crippen molar-refractivity contribution in [2.45, 2.75) is 39.7 Å². The van der Waals surface area contributed by atoms with Crippen molar-refractivity contribution < 1.29 is 9.47 Å². The Morgan fingerprint density at radius 2 is 2.04 bits per heavy atom. The Kier molecular flexibility index (Phi) is 9.79. The molecule has 0 saturated heterocycles. The normalized spacial score (nSPS) is 12.6. The van der Waals surface area contributed by atoms with Gasteiger partial charge in [0.25, 0.3) is 0 Å². The van der Waals surface area contributed by atoms with Crippen molar-refractivity contribution in [3.05, 3.63) is 45.9 Å². The number of aromatic nitrogens is 1. The summed E-state index contributed by atoms with van der Waals surface area (Å²) < 4.78 is 10.6. The lowest BCUT2D eigenvalue weighted by Crippen LogP contribution is -2.39. The number of nitrogens with zero attached hydrogens (tertiary/aromatic N) is 2. The van der Waals surface area contributed by atoms with Crippen LogP contribution in [0.2, 0.25) is 0 Å². The third kappa shape index (κ3) is 7.86. The molecule has 0 saturated carbocycles. The van der Waals surface area contributed by atoms with Gasteiger partial charge in [-0.1, -0.05) is 19.1 Å². The molecule has 2 N–H and O–H groups in total. The highest BCUT2D eigenvalue weighted by Crippen LogP contribution is 2.20. The van der Waals surface area contributed by atoms with Gasteiger partial charge in [0.1, 0.15) is 5.75 Å². The monoisotopic (exact) mass is 404 g/mol. The van der Waals surface area contributed by atoms with E-state index in [0.29, 0.717) is 12.5 Å². The largest absolute Gasteiger partial charge is 0.497 e. The molecule has 7 heteroatoms. The van der Waals surface area contributed by atoms with Gasteiger partial charge in [0, 0.05) is 43.3 Å². The molecule has 0 amide bonds. The van der Waals surface area contributed by atoms with Crippen LogP contribution in [-0.4, -0.2) is 44.4 Å². The first kappa shape index (κ1) is 22.2. The fourth-order valence-corrected chi connectivity index (χ4v) is 3.36. The van der Waals surface area contributed by atoms with Crippen molar-refractivity contribution in [1.82, 2.24) is 15.6 Å². The maximum Gasteiger partial charge on any atom is 0.191 e. The Bertz CT molecular complexity index is 715. The molecule has 1 aromatic heterocycles. The molecule has 2 aromatic rings. The minimum atomic E-state index is 0.329. The second kappa shape index (κ2) is 12.4. The van der Waals surface area contributed by atoms with Crippen molar-refractivity contribution in [2.75, 3.05) is 33.4 Å². The number of nitrogens with one attached hydrogen (secondary N) is 2. The van der Waals surface area contributed by atoms with Gasteiger partial charge >= 0.3 is 0 Å². The van der Waals surface area contributed by atoms with Gasteiger partial charge < -0.3 is 20.1 Å². The van der Waals surface area contributed by atoms with E-state index < -0.39 is 0 Å². The zero-order chi connectivity index (χ0) is 20.2. The second-order valence-electron chi connectivity index (χ2n) is 6.58. The molecule has 0 radical (unpaired) electrons. The maximum absolute atomic E-state index is 5.41. The Balaban J connectivity index is 1.92. The maximum atomic E-state index is 5.41. The van der Waals surface area contributed by atoms with Crippen LogP contribution in [0.5, 0.6) is 5.75 Å². The Hall–Kier alpha value is -2.12. The topological polar surface area (TPSA) is 67.8 Å². The summed E-state index contributed by atoms with van der Waals surface area (Å²) in [4.78, 5) is 10.5. The first-order valence-electron chi connectivity index (χ1n) is 9.77. The summed E-state index contributed by atoms with van der Waals surface area (Å²) in [5.41, 5.74) is 1.14. The molecule has 154 valence electrons. The van der Waals surface area contributed by atoms with Crippen LogP contribution >= 0.6 is 11.3 Å². The van der Waals surface area contributed by atoms with E-state index in [4.69, 9.17) is 14.5 Å². The van der Waals surface area contributed by atoms with Gasteiger partial charge in [-0.05, 0) is 38.0 Å². The van der Waals surface area contributed by atoms with Crippen molar-refractivity contribution in [3.63, 3.8) is 0 Å². The quantitative estimate of drug-likeness (QED) is 0.339. The van der Waals surface area contributed by atoms with E-state index in [1.54, 1.807) is 18.4 Å². The fraction of sp³-hybridized carbons (Fsp3) is 0.524. The van der Waals surface area contributed by atoms with Gasteiger partial charge in [-0.2, -0.15) is 0 Å². The average Bonchev–Trinajstić information content (AvgIpc) is 3.16. The lowest BCUT2D eigenvalue weighted by atomic mass is 10.2. The van der Waals surface area contributed by atoms with Gasteiger partial charge in [-0.3, -0.25) is 0 Å². The smallest absolute Gasteiger partial charge is 0.191 e. The zero-order valence-electron chi connectivity index (χ0n) is 17.3. The molecule has 28 heavy (non-hydrogen) atoms. The van der Waals surface area contributed by atoms with E-state index in [0.717, 1.165) is 55.0 Å². The molecule has 6 nitrogen and oxygen atoms in total. The summed E-state index contributed by atoms with van der Waals surface area (Å²) in [6.07, 6.45) is 2.87. The summed E-state index contributed by atoms with van der Waals surface area (Å²) >= 11 is 1.75. The molecule has 1 heterocycles. The van der Waals surface area contributed by atoms with Gasteiger partial charge in [0.05, 0.1) is 18.7 Å². The van der Waals surface area contributed by atoms with Crippen LogP contribution in [0.4, 0.5) is 0 Å². The lowest BCUT2D eigenvalue weighted by Gasteiger charge is -2.15. The molecule has 2 rings (SSSR count). The van der Waals surface area contributed by atoms with Crippen molar-refractivity contribution in [3.8, 4) is 5.75 Å². The van der Waals surface area contributed by atoms with Gasteiger partial charge in [0.2, 0.25) is 0 Å². The Morgan fingerprint density at radius 3 is 2.68 bits per heavy atom. The number of aryl methyl sites for hydroxylation is 1. The molecule has 0 bridgehead atoms. The Labute approximate surface area is 172 Å². The highest BCUT2D eigenvalue weighted by molar-refractivity contribution is 7.11. The minimum absolute atomic E-state index is 0.329. The van der Waals surface area contributed by atoms with Crippen LogP contribution in [0.1, 0.15) is 41.6 Å². The number of rotatable bonds is 11. The third-order valence-corrected chi connectivity index (χ3v) is 5.32. The van der Waals surface area contributed by atoms with E-state index >= 15 is 0 Å². The average molecular weight is 405 g/mol. The van der Waals surface area contributed by atoms with Crippen LogP contribution in [0.3, 0.4) is 0 Å². The number of hydrogen-bond acceptors (Lipinski definition) is 5. The summed E-state index contributed by atoms with van der Waals surface area (Å²) in [5, 5.41) is 8.00. The summed E-state index contributed by atoms with van der Waals surface area (Å²) in [7, 11) is 1.67. The number of thiazole rings is 1. The van der Waals surface area contributed by atoms with Crippen molar-refractivity contribution in [1.29, 1.82) is 0 Å². The zero-order valence-corrected chi connectivity index (χ0v) is 18.1. The number of guanidine groups is 1. The standard InChI is InChI=1S/C21H32N4O2S/c1-5-27-12-6-11-22-21(24-13-16(2)20-23-14-17(3)28-20)25-15-18-7-9-19(26-4)10-8-18/h7-10,14,16H,5-6,11-13,15H2,1-4H3,(H2,22,24,25). The molecule has 0 aliphatic heterocycles. The van der Waals surface area contributed by atoms with E-state index in [2.05, 4.69) is 29.5 Å². The van der Waals surface area contributed by atoms with Gasteiger partial charge in [0.15, 0.2) is 5.96 Å². The molecule has 1 aromatic carbocycles. The number of ether oxygens (including phenoxy) is 2. The van der Waals surface area contributed by atoms with Crippen LogP contribution in [0.25, 0.3) is 0 Å². The highest BCUT2D eigenvalue weighted by Gasteiger charge is 2.10. The predicted molar refractivity (Wildman–Crippen MR) is 117 cm³/mol. The van der Waals surface area contributed by atoms with Crippen LogP contribution in [-0.2, 0) is 11.3 Å². The highest BCUT2D eigenvalue weighted by atomic mass is 32.1. The summed E-state index contributed by atoms with van der Waals surface area (Å²) in [5.74, 6) is 2.00. The fourth-order valence-electron chi connectivity index (χ4n) is 2.54. The van der Waals surface area contributed by atoms with Crippen LogP contribution in [0, 0.1) is 6.92 Å². The molecule has 0 aliphatic carbocycles. The first-order chi connectivity index (χ1) is 13.6. The van der Waals surface area contributed by atoms with E-state index in [9.17, 15) is 0 Å². The number of hydrogen-bond donors (Lipinski definition) is 2. The molecule has 1 atom stereocenters. The molecule has 0 fully saturated rings. The minimum Gasteiger partial charge on any atom is -0.497 e. The molecular formula is C21H32N4O2S. The van der Waals surface area contributed by atoms with Crippen molar-refractivity contribution in [2.24, 2.45) is 4.99 Å². The van der Waals surface area contributed by atoms with Crippen LogP contribution in [0.15, 0.2) is 35.5 Å². The van der Waals surface area contributed by atoms with E-state index in [-0.39, 0.29) is 0 Å². The summed E-state index contributed by atoms with van der Waals surface area (Å²) in [6, 6.07) is 7.99. The number of methoxy groups -OCH3 is 1. The molecular weight excluding hydrogens is 372 g/mol. The first-order valence-corrected chi connectivity index (χ1v) is 10.6. The molecule has 0 aliphatic rings. The third-order valence-electron chi connectivity index (χ3n) is 4.18. The van der Waals surface area contributed by atoms with Gasteiger partial charge in [-0.15, -0.1) is 11.3 Å². The number of benzene rings is 1. The second-order valence-corrected chi connectivity index (χ2v) is 7.85. The predicted octanol–water partition coefficient (Wildman–Crippen LogP) is 3.73. The van der Waals surface area contributed by atoms with E-state index in [1.807, 2.05) is 37.4 Å². The SMILES string of the molecule is CCOCCCNC(=NCc1ccc(OC)cc1)NCC(C)c1ncc(C)s1. The number of aliphatic imine (C=N–C) groups is 1. The Morgan fingerprint density at radius 1 is 1.25 bits per heavy atom.